The van der Waals surface area contributed by atoms with Gasteiger partial charge in [-0.25, -0.2) is 4.39 Å². The van der Waals surface area contributed by atoms with Crippen LogP contribution in [0.3, 0.4) is 0 Å². The third kappa shape index (κ3) is 2.71. The van der Waals surface area contributed by atoms with Crippen molar-refractivity contribution in [3.63, 3.8) is 0 Å². The van der Waals surface area contributed by atoms with Gasteiger partial charge in [-0.05, 0) is 19.9 Å². The Morgan fingerprint density at radius 1 is 1.33 bits per heavy atom. The molecule has 7 nitrogen and oxygen atoms in total. The fraction of sp³-hybridized carbons (Fsp3) is 0.167. The van der Waals surface area contributed by atoms with Gasteiger partial charge in [0.2, 0.25) is 5.82 Å². The summed E-state index contributed by atoms with van der Waals surface area (Å²) in [6, 6.07) is 0.852. The van der Waals surface area contributed by atoms with Crippen LogP contribution in [0.1, 0.15) is 21.6 Å². The Hall–Kier alpha value is -2.84. The first-order chi connectivity index (χ1) is 9.81. The van der Waals surface area contributed by atoms with Crippen molar-refractivity contribution in [3.05, 3.63) is 50.7 Å². The summed E-state index contributed by atoms with van der Waals surface area (Å²) in [5, 5.41) is 19.2. The van der Waals surface area contributed by atoms with Gasteiger partial charge in [-0.3, -0.25) is 20.0 Å². The lowest BCUT2D eigenvalue weighted by Gasteiger charge is -2.05. The summed E-state index contributed by atoms with van der Waals surface area (Å²) >= 11 is 0. The zero-order valence-corrected chi connectivity index (χ0v) is 11.0. The highest BCUT2D eigenvalue weighted by atomic mass is 19.1. The number of aromatic nitrogens is 2. The molecule has 2 rings (SSSR count). The number of anilines is 1. The van der Waals surface area contributed by atoms with Crippen molar-refractivity contribution >= 4 is 17.4 Å². The molecule has 0 saturated carbocycles. The van der Waals surface area contributed by atoms with Gasteiger partial charge in [-0.1, -0.05) is 0 Å². The number of carbonyl (C=O) groups excluding carboxylic acids is 1. The number of carbonyl (C=O) groups is 1. The number of rotatable bonds is 3. The largest absolute Gasteiger partial charge is 0.307 e. The van der Waals surface area contributed by atoms with Crippen molar-refractivity contribution in [2.45, 2.75) is 13.8 Å². The Morgan fingerprint density at radius 2 is 2.00 bits per heavy atom. The molecule has 0 unspecified atom stereocenters. The molecule has 0 atom stereocenters. The average Bonchev–Trinajstić information content (AvgIpc) is 2.72. The zero-order valence-electron chi connectivity index (χ0n) is 11.0. The second-order valence-electron chi connectivity index (χ2n) is 4.32. The van der Waals surface area contributed by atoms with E-state index in [0.717, 1.165) is 0 Å². The van der Waals surface area contributed by atoms with Crippen LogP contribution in [0.4, 0.5) is 20.3 Å². The predicted octanol–water partition coefficient (Wildman–Crippen LogP) is 2.47. The van der Waals surface area contributed by atoms with E-state index < -0.39 is 33.7 Å². The maximum Gasteiger partial charge on any atom is 0.307 e. The SMILES string of the molecule is Cc1[nH]nc(NC(=O)c2cc(F)c([N+](=O)[O-])cc2F)c1C. The molecule has 0 aliphatic rings. The molecule has 0 aliphatic carbocycles. The van der Waals surface area contributed by atoms with Crippen molar-refractivity contribution in [2.24, 2.45) is 0 Å². The van der Waals surface area contributed by atoms with Crippen LogP contribution in [0, 0.1) is 35.6 Å². The van der Waals surface area contributed by atoms with Gasteiger partial charge >= 0.3 is 5.69 Å². The molecule has 2 N–H and O–H groups in total. The molecule has 1 aromatic carbocycles. The number of hydrogen-bond acceptors (Lipinski definition) is 4. The lowest BCUT2D eigenvalue weighted by Crippen LogP contribution is -2.15. The molecule has 0 aliphatic heterocycles. The molecule has 0 saturated heterocycles. The van der Waals surface area contributed by atoms with Crippen LogP contribution in [0.2, 0.25) is 0 Å². The molecular weight excluding hydrogens is 286 g/mol. The molecule has 110 valence electrons. The van der Waals surface area contributed by atoms with E-state index in [0.29, 0.717) is 23.4 Å². The van der Waals surface area contributed by atoms with Crippen molar-refractivity contribution in [2.75, 3.05) is 5.32 Å². The van der Waals surface area contributed by atoms with Gasteiger partial charge in [0.15, 0.2) is 5.82 Å². The van der Waals surface area contributed by atoms with E-state index in [1.807, 2.05) is 0 Å². The van der Waals surface area contributed by atoms with Gasteiger partial charge in [0, 0.05) is 11.3 Å². The molecule has 1 heterocycles. The first-order valence-electron chi connectivity index (χ1n) is 5.77. The van der Waals surface area contributed by atoms with Crippen LogP contribution in [-0.2, 0) is 0 Å². The lowest BCUT2D eigenvalue weighted by molar-refractivity contribution is -0.387. The number of nitrogens with zero attached hydrogens (tertiary/aromatic N) is 2. The van der Waals surface area contributed by atoms with Crippen molar-refractivity contribution < 1.29 is 18.5 Å². The van der Waals surface area contributed by atoms with E-state index in [-0.39, 0.29) is 5.82 Å². The maximum absolute atomic E-state index is 13.7. The minimum atomic E-state index is -1.29. The normalized spacial score (nSPS) is 10.5. The second kappa shape index (κ2) is 5.27. The van der Waals surface area contributed by atoms with Gasteiger partial charge < -0.3 is 5.32 Å². The number of nitro groups is 1. The molecule has 0 bridgehead atoms. The standard InChI is InChI=1S/C12H10F2N4O3/c1-5-6(2)16-17-11(5)15-12(19)7-3-9(14)10(18(20)21)4-8(7)13/h3-4H,1-2H3,(H2,15,16,17,19). The van der Waals surface area contributed by atoms with Gasteiger partial charge in [-0.15, -0.1) is 0 Å². The monoisotopic (exact) mass is 296 g/mol. The quantitative estimate of drug-likeness (QED) is 0.671. The summed E-state index contributed by atoms with van der Waals surface area (Å²) in [7, 11) is 0. The Balaban J connectivity index is 2.34. The van der Waals surface area contributed by atoms with Gasteiger partial charge in [-0.2, -0.15) is 9.49 Å². The Morgan fingerprint density at radius 3 is 2.52 bits per heavy atom. The Labute approximate surface area is 117 Å². The summed E-state index contributed by atoms with van der Waals surface area (Å²) in [4.78, 5) is 21.3. The molecular formula is C12H10F2N4O3. The molecule has 2 aromatic rings. The number of hydrogen-bond donors (Lipinski definition) is 2. The van der Waals surface area contributed by atoms with Crippen molar-refractivity contribution in [1.82, 2.24) is 10.2 Å². The predicted molar refractivity (Wildman–Crippen MR) is 69.0 cm³/mol. The first kappa shape index (κ1) is 14.6. The average molecular weight is 296 g/mol. The van der Waals surface area contributed by atoms with Crippen LogP contribution >= 0.6 is 0 Å². The summed E-state index contributed by atoms with van der Waals surface area (Å²) in [5.41, 5.74) is -0.319. The van der Waals surface area contributed by atoms with Crippen LogP contribution < -0.4 is 5.32 Å². The highest BCUT2D eigenvalue weighted by molar-refractivity contribution is 6.04. The van der Waals surface area contributed by atoms with Gasteiger partial charge in [0.1, 0.15) is 5.82 Å². The van der Waals surface area contributed by atoms with Crippen LogP contribution in [-0.4, -0.2) is 21.0 Å². The molecule has 0 fully saturated rings. The molecule has 0 spiro atoms. The van der Waals surface area contributed by atoms with Gasteiger partial charge in [0.25, 0.3) is 5.91 Å². The summed E-state index contributed by atoms with van der Waals surface area (Å²) in [6.45, 7) is 3.41. The third-order valence-electron chi connectivity index (χ3n) is 2.96. The third-order valence-corrected chi connectivity index (χ3v) is 2.96. The number of H-pyrrole nitrogens is 1. The van der Waals surface area contributed by atoms with E-state index in [9.17, 15) is 23.7 Å². The van der Waals surface area contributed by atoms with Crippen molar-refractivity contribution in [3.8, 4) is 0 Å². The van der Waals surface area contributed by atoms with E-state index in [4.69, 9.17) is 0 Å². The van der Waals surface area contributed by atoms with Crippen molar-refractivity contribution in [1.29, 1.82) is 0 Å². The Kier molecular flexibility index (Phi) is 3.66. The van der Waals surface area contributed by atoms with Crippen LogP contribution in [0.25, 0.3) is 0 Å². The minimum Gasteiger partial charge on any atom is -0.305 e. The molecule has 1 aromatic heterocycles. The lowest BCUT2D eigenvalue weighted by atomic mass is 10.1. The number of nitrogens with one attached hydrogen (secondary N) is 2. The summed E-state index contributed by atoms with van der Waals surface area (Å²) in [5.74, 6) is -3.25. The van der Waals surface area contributed by atoms with E-state index in [1.54, 1.807) is 13.8 Å². The Bertz CT molecular complexity index is 742. The van der Waals surface area contributed by atoms with E-state index in [1.165, 1.54) is 0 Å². The highest BCUT2D eigenvalue weighted by Gasteiger charge is 2.22. The number of aromatic amines is 1. The van der Waals surface area contributed by atoms with Crippen LogP contribution in [0.5, 0.6) is 0 Å². The van der Waals surface area contributed by atoms with E-state index >= 15 is 0 Å². The number of halogens is 2. The van der Waals surface area contributed by atoms with Gasteiger partial charge in [0.05, 0.1) is 16.6 Å². The molecule has 1 amide bonds. The number of benzene rings is 1. The fourth-order valence-corrected chi connectivity index (χ4v) is 1.63. The topological polar surface area (TPSA) is 101 Å². The maximum atomic E-state index is 13.7. The number of aryl methyl sites for hydroxylation is 1. The molecule has 21 heavy (non-hydrogen) atoms. The minimum absolute atomic E-state index is 0.177. The molecule has 0 radical (unpaired) electrons. The number of amides is 1. The van der Waals surface area contributed by atoms with Crippen LogP contribution in [0.15, 0.2) is 12.1 Å². The fourth-order valence-electron chi connectivity index (χ4n) is 1.63. The zero-order chi connectivity index (χ0) is 15.7. The summed E-state index contributed by atoms with van der Waals surface area (Å²) < 4.78 is 27.1. The first-order valence-corrected chi connectivity index (χ1v) is 5.77. The van der Waals surface area contributed by atoms with E-state index in [2.05, 4.69) is 15.5 Å². The molecule has 9 heteroatoms. The highest BCUT2D eigenvalue weighted by Crippen LogP contribution is 2.22. The number of nitro benzene ring substituents is 1. The summed E-state index contributed by atoms with van der Waals surface area (Å²) in [6.07, 6.45) is 0. The smallest absolute Gasteiger partial charge is 0.305 e. The second-order valence-corrected chi connectivity index (χ2v) is 4.32.